The number of thioether (sulfide) groups is 1. The third kappa shape index (κ3) is 16.4. The molecule has 1 rings (SSSR count). The summed E-state index contributed by atoms with van der Waals surface area (Å²) in [5.41, 5.74) is -1.35. The molecule has 0 amide bonds. The van der Waals surface area contributed by atoms with Crippen LogP contribution in [0.5, 0.6) is 0 Å². The van der Waals surface area contributed by atoms with Crippen LogP contribution in [0.15, 0.2) is 0 Å². The minimum absolute atomic E-state index is 0.180. The van der Waals surface area contributed by atoms with E-state index in [1.165, 1.54) is 95.0 Å². The smallest absolute Gasteiger partial charge is 0.316 e. The number of carbonyl (C=O) groups is 1. The summed E-state index contributed by atoms with van der Waals surface area (Å²) in [6.07, 6.45) is 20.7. The number of rotatable bonds is 22. The number of carbonyl (C=O) groups excluding carboxylic acids is 1. The summed E-state index contributed by atoms with van der Waals surface area (Å²) in [4.78, 5) is 30.2. The molecule has 0 saturated heterocycles. The highest BCUT2D eigenvalue weighted by Gasteiger charge is 2.36. The Morgan fingerprint density at radius 1 is 0.914 bits per heavy atom. The van der Waals surface area contributed by atoms with Gasteiger partial charge in [-0.3, -0.25) is 9.41 Å². The molecule has 0 aromatic heterocycles. The molecule has 0 aromatic rings. The average Bonchev–Trinajstić information content (AvgIpc) is 2.84. The van der Waals surface area contributed by atoms with E-state index in [2.05, 4.69) is 28.5 Å². The van der Waals surface area contributed by atoms with Gasteiger partial charge in [-0.05, 0) is 55.9 Å². The molecule has 0 heterocycles. The van der Waals surface area contributed by atoms with Crippen molar-refractivity contribution in [3.63, 3.8) is 0 Å². The zero-order valence-electron chi connectivity index (χ0n) is 22.7. The Hall–Kier alpha value is -0.0700. The Labute approximate surface area is 219 Å². The molecule has 1 aliphatic rings. The van der Waals surface area contributed by atoms with Crippen LogP contribution < -0.4 is 0 Å². The molecule has 8 heteroatoms. The van der Waals surface area contributed by atoms with Crippen LogP contribution in [0, 0.1) is 11.8 Å². The molecule has 0 radical (unpaired) electrons. The van der Waals surface area contributed by atoms with Crippen molar-refractivity contribution >= 4 is 25.1 Å². The van der Waals surface area contributed by atoms with E-state index in [9.17, 15) is 14.3 Å². The summed E-state index contributed by atoms with van der Waals surface area (Å²) in [5.74, 6) is 4.58. The molecule has 6 nitrogen and oxygen atoms in total. The first kappa shape index (κ1) is 33.0. The maximum Gasteiger partial charge on any atom is 0.452 e. The van der Waals surface area contributed by atoms with Crippen LogP contribution >= 0.6 is 19.4 Å². The van der Waals surface area contributed by atoms with E-state index in [-0.39, 0.29) is 6.61 Å². The molecule has 35 heavy (non-hydrogen) atoms. The molecule has 0 bridgehead atoms. The molecule has 3 unspecified atom stereocenters. The molecule has 1 N–H and O–H groups in total. The van der Waals surface area contributed by atoms with Gasteiger partial charge in [0, 0.05) is 0 Å². The van der Waals surface area contributed by atoms with E-state index in [4.69, 9.17) is 4.52 Å². The van der Waals surface area contributed by atoms with Crippen molar-refractivity contribution in [1.82, 2.24) is 0 Å². The number of unbranched alkanes of at least 4 members (excludes halogenated alkanes) is 6. The minimum atomic E-state index is -4.47. The minimum Gasteiger partial charge on any atom is -0.316 e. The molecular formula is C27H53O6PS. The second-order valence-corrected chi connectivity index (χ2v) is 13.1. The monoisotopic (exact) mass is 536 g/mol. The van der Waals surface area contributed by atoms with Gasteiger partial charge in [0.1, 0.15) is 0 Å². The fourth-order valence-electron chi connectivity index (χ4n) is 4.93. The normalized spacial score (nSPS) is 18.2. The highest BCUT2D eigenvalue weighted by molar-refractivity contribution is 7.99. The van der Waals surface area contributed by atoms with Crippen molar-refractivity contribution in [3.8, 4) is 0 Å². The predicted molar refractivity (Wildman–Crippen MR) is 147 cm³/mol. The van der Waals surface area contributed by atoms with Crippen LogP contribution in [0.4, 0.5) is 4.79 Å². The van der Waals surface area contributed by atoms with Crippen molar-refractivity contribution in [2.75, 3.05) is 18.1 Å². The molecule has 1 aliphatic carbocycles. The zero-order chi connectivity index (χ0) is 25.8. The van der Waals surface area contributed by atoms with Gasteiger partial charge in [0.25, 0.3) is 0 Å². The van der Waals surface area contributed by atoms with Gasteiger partial charge in [-0.25, -0.2) is 9.36 Å². The van der Waals surface area contributed by atoms with Crippen LogP contribution in [0.2, 0.25) is 0 Å². The van der Waals surface area contributed by atoms with Crippen molar-refractivity contribution in [2.45, 2.75) is 136 Å². The Balaban J connectivity index is 2.01. The highest BCUT2D eigenvalue weighted by Crippen LogP contribution is 2.46. The Bertz CT molecular complexity index is 570. The van der Waals surface area contributed by atoms with Gasteiger partial charge in [-0.2, -0.15) is 16.6 Å². The molecule has 3 atom stereocenters. The molecular weight excluding hydrogens is 483 g/mol. The zero-order valence-corrected chi connectivity index (χ0v) is 24.4. The van der Waals surface area contributed by atoms with E-state index < -0.39 is 19.4 Å². The van der Waals surface area contributed by atoms with Gasteiger partial charge in [-0.1, -0.05) is 97.3 Å². The van der Waals surface area contributed by atoms with Gasteiger partial charge >= 0.3 is 13.3 Å². The van der Waals surface area contributed by atoms with Gasteiger partial charge in [0.15, 0.2) is 0 Å². The topological polar surface area (TPSA) is 82.1 Å². The number of hydrogen-bond acceptors (Lipinski definition) is 6. The van der Waals surface area contributed by atoms with E-state index in [1.807, 2.05) is 6.92 Å². The van der Waals surface area contributed by atoms with Crippen LogP contribution in [-0.2, 0) is 18.9 Å². The van der Waals surface area contributed by atoms with Gasteiger partial charge in [0.05, 0.1) is 12.7 Å². The second kappa shape index (κ2) is 20.9. The average molecular weight is 537 g/mol. The van der Waals surface area contributed by atoms with Crippen LogP contribution in [0.1, 0.15) is 130 Å². The lowest BCUT2D eigenvalue weighted by molar-refractivity contribution is -0.231. The van der Waals surface area contributed by atoms with Crippen molar-refractivity contribution < 1.29 is 28.6 Å². The molecule has 1 fully saturated rings. The van der Waals surface area contributed by atoms with Gasteiger partial charge < -0.3 is 4.89 Å². The fourth-order valence-corrected chi connectivity index (χ4v) is 6.84. The van der Waals surface area contributed by atoms with Gasteiger partial charge in [0.2, 0.25) is 0 Å². The fraction of sp³-hybridized carbons (Fsp3) is 0.963. The van der Waals surface area contributed by atoms with E-state index >= 15 is 0 Å². The lowest BCUT2D eigenvalue weighted by Crippen LogP contribution is -2.19. The Morgan fingerprint density at radius 3 is 2.29 bits per heavy atom. The Morgan fingerprint density at radius 2 is 1.60 bits per heavy atom. The second-order valence-electron chi connectivity index (χ2n) is 10.2. The number of hydrogen-bond donors (Lipinski definition) is 1. The summed E-state index contributed by atoms with van der Waals surface area (Å²) >= 11 is 2.15. The molecule has 0 spiro atoms. The van der Waals surface area contributed by atoms with Crippen molar-refractivity contribution in [2.24, 2.45) is 11.8 Å². The summed E-state index contributed by atoms with van der Waals surface area (Å²) < 4.78 is 17.0. The molecule has 0 aliphatic heterocycles. The summed E-state index contributed by atoms with van der Waals surface area (Å²) in [7, 11) is -4.47. The first-order valence-corrected chi connectivity index (χ1v) is 17.1. The molecule has 0 aromatic carbocycles. The first-order chi connectivity index (χ1) is 16.9. The van der Waals surface area contributed by atoms with Crippen molar-refractivity contribution in [3.05, 3.63) is 0 Å². The summed E-state index contributed by atoms with van der Waals surface area (Å²) in [6.45, 7) is 6.05. The maximum atomic E-state index is 11.9. The lowest BCUT2D eigenvalue weighted by atomic mass is 9.77. The first-order valence-electron chi connectivity index (χ1n) is 14.3. The largest absolute Gasteiger partial charge is 0.452 e. The summed E-state index contributed by atoms with van der Waals surface area (Å²) in [6, 6.07) is 0. The highest BCUT2D eigenvalue weighted by atomic mass is 32.2. The van der Waals surface area contributed by atoms with Crippen LogP contribution in [0.25, 0.3) is 0 Å². The third-order valence-electron chi connectivity index (χ3n) is 7.00. The van der Waals surface area contributed by atoms with E-state index in [0.29, 0.717) is 12.8 Å². The van der Waals surface area contributed by atoms with E-state index in [1.54, 1.807) is 6.92 Å². The summed E-state index contributed by atoms with van der Waals surface area (Å²) in [5, 5.41) is 0. The van der Waals surface area contributed by atoms with E-state index in [0.717, 1.165) is 24.7 Å². The molecule has 208 valence electrons. The quantitative estimate of drug-likeness (QED) is 0.0639. The standard InChI is InChI=1S/C27H53O6PS/c1-4-6-17-26(25-18-13-11-14-19-25)20-23-35-22-15-10-8-7-9-12-16-24(3)33-34(29,30)27(28)32-31-21-5-2/h24-26H,4-23H2,1-3H3,(H,29,30). The third-order valence-corrected chi connectivity index (χ3v) is 9.28. The molecule has 1 saturated carbocycles. The SMILES string of the molecule is CCCCC(CCSCCCCCCCCC(C)OP(=O)(O)C(=O)OOCCC)C1CCCCC1. The van der Waals surface area contributed by atoms with Gasteiger partial charge in [-0.15, -0.1) is 0 Å². The van der Waals surface area contributed by atoms with Crippen LogP contribution in [-0.4, -0.2) is 34.8 Å². The van der Waals surface area contributed by atoms with Crippen LogP contribution in [0.3, 0.4) is 0 Å². The Kier molecular flexibility index (Phi) is 19.7. The maximum absolute atomic E-state index is 11.9. The lowest BCUT2D eigenvalue weighted by Gasteiger charge is -2.30. The van der Waals surface area contributed by atoms with Crippen molar-refractivity contribution in [1.29, 1.82) is 0 Å². The predicted octanol–water partition coefficient (Wildman–Crippen LogP) is 9.30.